The van der Waals surface area contributed by atoms with Gasteiger partial charge >= 0.3 is 6.16 Å². The molecule has 0 spiro atoms. The van der Waals surface area contributed by atoms with Gasteiger partial charge in [0.15, 0.2) is 5.06 Å². The van der Waals surface area contributed by atoms with E-state index in [1.54, 1.807) is 13.0 Å². The van der Waals surface area contributed by atoms with E-state index in [4.69, 9.17) is 15.7 Å². The number of nitrogen functional groups attached to an aromatic ring is 1. The Morgan fingerprint density at radius 1 is 1.59 bits per heavy atom. The molecule has 7 heteroatoms. The number of carbonyl (C=O) groups excluding carboxylic acids is 1. The summed E-state index contributed by atoms with van der Waals surface area (Å²) < 4.78 is 11.2. The number of nitrogens with zero attached hydrogens (tertiary/aromatic N) is 1. The molecule has 0 aromatic carbocycles. The Morgan fingerprint density at radius 2 is 2.35 bits per heavy atom. The molecule has 2 aromatic heterocycles. The predicted molar refractivity (Wildman–Crippen MR) is 66.5 cm³/mol. The van der Waals surface area contributed by atoms with Gasteiger partial charge in [-0.3, -0.25) is 0 Å². The first-order valence-electron chi connectivity index (χ1n) is 4.72. The van der Waals surface area contributed by atoms with Gasteiger partial charge in [-0.05, 0) is 6.92 Å². The summed E-state index contributed by atoms with van der Waals surface area (Å²) in [4.78, 5) is 11.1. The molecule has 2 aromatic rings. The summed E-state index contributed by atoms with van der Waals surface area (Å²) in [6.07, 6.45) is -0.743. The maximum Gasteiger partial charge on any atom is 0.514 e. The molecule has 2 N–H and O–H groups in total. The number of hydrogen-bond acceptors (Lipinski definition) is 7. The first-order valence-corrected chi connectivity index (χ1v) is 6.35. The van der Waals surface area contributed by atoms with Crippen molar-refractivity contribution in [2.45, 2.75) is 6.92 Å². The van der Waals surface area contributed by atoms with Gasteiger partial charge in [-0.2, -0.15) is 5.26 Å². The van der Waals surface area contributed by atoms with Gasteiger partial charge in [-0.25, -0.2) is 4.79 Å². The number of thiophene rings is 2. The van der Waals surface area contributed by atoms with Gasteiger partial charge in [0.1, 0.15) is 16.6 Å². The first kappa shape index (κ1) is 11.7. The Bertz CT molecular complexity index is 609. The zero-order chi connectivity index (χ0) is 12.4. The van der Waals surface area contributed by atoms with Crippen LogP contribution >= 0.6 is 22.7 Å². The van der Waals surface area contributed by atoms with Crippen LogP contribution in [0.2, 0.25) is 0 Å². The average molecular weight is 268 g/mol. The van der Waals surface area contributed by atoms with Crippen LogP contribution in [0.3, 0.4) is 0 Å². The summed E-state index contributed by atoms with van der Waals surface area (Å²) in [7, 11) is 0. The van der Waals surface area contributed by atoms with Crippen molar-refractivity contribution in [3.63, 3.8) is 0 Å². The molecular formula is C10H8N2O3S2. The number of rotatable bonds is 2. The van der Waals surface area contributed by atoms with E-state index in [0.717, 1.165) is 9.40 Å². The largest absolute Gasteiger partial charge is 0.514 e. The molecule has 2 heterocycles. The smallest absolute Gasteiger partial charge is 0.434 e. The minimum absolute atomic E-state index is 0.259. The topological polar surface area (TPSA) is 85.3 Å². The number of ether oxygens (including phenoxy) is 2. The van der Waals surface area contributed by atoms with Crippen LogP contribution in [-0.4, -0.2) is 12.8 Å². The highest BCUT2D eigenvalue weighted by molar-refractivity contribution is 7.31. The lowest BCUT2D eigenvalue weighted by atomic mass is 10.3. The van der Waals surface area contributed by atoms with Gasteiger partial charge in [0, 0.05) is 6.07 Å². The van der Waals surface area contributed by atoms with E-state index in [1.807, 2.05) is 6.07 Å². The van der Waals surface area contributed by atoms with Crippen molar-refractivity contribution in [1.29, 1.82) is 5.26 Å². The number of carbonyl (C=O) groups is 1. The summed E-state index contributed by atoms with van der Waals surface area (Å²) in [5.74, 6) is 0. The third kappa shape index (κ3) is 2.18. The first-order chi connectivity index (χ1) is 8.15. The summed E-state index contributed by atoms with van der Waals surface area (Å²) in [5.41, 5.74) is 6.12. The standard InChI is InChI=1S/C10H8N2O3S2/c1-2-14-10(13)15-7-3-6-8(17-7)5(4-11)9(12)16-6/h3H,2,12H2,1H3. The molecule has 5 nitrogen and oxygen atoms in total. The van der Waals surface area contributed by atoms with E-state index in [9.17, 15) is 4.79 Å². The molecule has 88 valence electrons. The third-order valence-electron chi connectivity index (χ3n) is 1.93. The molecule has 17 heavy (non-hydrogen) atoms. The molecule has 0 saturated carbocycles. The van der Waals surface area contributed by atoms with Gasteiger partial charge < -0.3 is 15.2 Å². The highest BCUT2D eigenvalue weighted by atomic mass is 32.1. The molecule has 0 radical (unpaired) electrons. The second kappa shape index (κ2) is 4.61. The lowest BCUT2D eigenvalue weighted by Gasteiger charge is -1.99. The van der Waals surface area contributed by atoms with Crippen molar-refractivity contribution in [3.8, 4) is 11.1 Å². The number of hydrogen-bond donors (Lipinski definition) is 1. The fourth-order valence-electron chi connectivity index (χ4n) is 1.27. The summed E-state index contributed by atoms with van der Waals surface area (Å²) in [6, 6.07) is 3.71. The average Bonchev–Trinajstić information content (AvgIpc) is 2.73. The molecule has 0 aliphatic heterocycles. The summed E-state index contributed by atoms with van der Waals surface area (Å²) in [5, 5.41) is 9.82. The van der Waals surface area contributed by atoms with Crippen LogP contribution in [0.15, 0.2) is 6.07 Å². The van der Waals surface area contributed by atoms with Crippen LogP contribution in [0.25, 0.3) is 9.40 Å². The van der Waals surface area contributed by atoms with Crippen molar-refractivity contribution in [1.82, 2.24) is 0 Å². The molecule has 0 saturated heterocycles. The van der Waals surface area contributed by atoms with Crippen LogP contribution < -0.4 is 10.5 Å². The highest BCUT2D eigenvalue weighted by Gasteiger charge is 2.15. The predicted octanol–water partition coefficient (Wildman–Crippen LogP) is 2.95. The van der Waals surface area contributed by atoms with Gasteiger partial charge in [0.2, 0.25) is 0 Å². The number of anilines is 1. The summed E-state index contributed by atoms with van der Waals surface area (Å²) >= 11 is 2.51. The molecule has 0 unspecified atom stereocenters. The van der Waals surface area contributed by atoms with Crippen molar-refractivity contribution in [2.75, 3.05) is 12.3 Å². The van der Waals surface area contributed by atoms with Crippen LogP contribution in [-0.2, 0) is 4.74 Å². The van der Waals surface area contributed by atoms with Gasteiger partial charge in [-0.1, -0.05) is 11.3 Å². The van der Waals surface area contributed by atoms with Crippen LogP contribution in [0.4, 0.5) is 9.80 Å². The van der Waals surface area contributed by atoms with E-state index >= 15 is 0 Å². The third-order valence-corrected chi connectivity index (χ3v) is 4.05. The van der Waals surface area contributed by atoms with Crippen LogP contribution in [0.5, 0.6) is 5.06 Å². The van der Waals surface area contributed by atoms with Gasteiger partial charge in [0.05, 0.1) is 16.0 Å². The minimum Gasteiger partial charge on any atom is -0.434 e. The highest BCUT2D eigenvalue weighted by Crippen LogP contribution is 2.42. The second-order valence-corrected chi connectivity index (χ2v) is 5.10. The van der Waals surface area contributed by atoms with Crippen molar-refractivity contribution in [3.05, 3.63) is 11.6 Å². The van der Waals surface area contributed by atoms with E-state index in [1.165, 1.54) is 22.7 Å². The number of nitrogens with two attached hydrogens (primary N) is 1. The Hall–Kier alpha value is -1.78. The van der Waals surface area contributed by atoms with Crippen LogP contribution in [0.1, 0.15) is 12.5 Å². The Morgan fingerprint density at radius 3 is 3.00 bits per heavy atom. The van der Waals surface area contributed by atoms with E-state index in [2.05, 4.69) is 4.74 Å². The quantitative estimate of drug-likeness (QED) is 0.846. The fraction of sp³-hybridized carbons (Fsp3) is 0.200. The second-order valence-electron chi connectivity index (χ2n) is 3.00. The van der Waals surface area contributed by atoms with E-state index in [-0.39, 0.29) is 6.61 Å². The molecule has 0 aliphatic carbocycles. The summed E-state index contributed by atoms with van der Waals surface area (Å²) in [6.45, 7) is 1.96. The molecule has 0 amide bonds. The van der Waals surface area contributed by atoms with Crippen molar-refractivity contribution in [2.24, 2.45) is 0 Å². The van der Waals surface area contributed by atoms with E-state index in [0.29, 0.717) is 15.6 Å². The van der Waals surface area contributed by atoms with Crippen molar-refractivity contribution < 1.29 is 14.3 Å². The monoisotopic (exact) mass is 268 g/mol. The Labute approximate surface area is 105 Å². The zero-order valence-electron chi connectivity index (χ0n) is 8.85. The molecule has 0 fully saturated rings. The normalized spacial score (nSPS) is 10.1. The molecular weight excluding hydrogens is 260 g/mol. The Balaban J connectivity index is 2.30. The molecule has 2 rings (SSSR count). The minimum atomic E-state index is -0.743. The fourth-order valence-corrected chi connectivity index (χ4v) is 3.41. The SMILES string of the molecule is CCOC(=O)Oc1cc2sc(N)c(C#N)c2s1. The maximum absolute atomic E-state index is 11.1. The molecule has 0 atom stereocenters. The molecule has 0 bridgehead atoms. The maximum atomic E-state index is 11.1. The Kier molecular flexibility index (Phi) is 3.17. The number of nitriles is 1. The van der Waals surface area contributed by atoms with Crippen molar-refractivity contribution >= 4 is 43.2 Å². The van der Waals surface area contributed by atoms with Gasteiger partial charge in [-0.15, -0.1) is 11.3 Å². The van der Waals surface area contributed by atoms with Crippen LogP contribution in [0, 0.1) is 11.3 Å². The van der Waals surface area contributed by atoms with Gasteiger partial charge in [0.25, 0.3) is 0 Å². The van der Waals surface area contributed by atoms with E-state index < -0.39 is 6.16 Å². The lowest BCUT2D eigenvalue weighted by Crippen LogP contribution is -2.08. The number of fused-ring (bicyclic) bond motifs is 1. The zero-order valence-corrected chi connectivity index (χ0v) is 10.5. The molecule has 0 aliphatic rings. The lowest BCUT2D eigenvalue weighted by molar-refractivity contribution is 0.105.